The third kappa shape index (κ3) is 3.10. The van der Waals surface area contributed by atoms with E-state index in [1.54, 1.807) is 6.08 Å². The Kier molecular flexibility index (Phi) is 4.00. The Labute approximate surface area is 131 Å². The van der Waals surface area contributed by atoms with Crippen molar-refractivity contribution < 1.29 is 5.11 Å². The predicted molar refractivity (Wildman–Crippen MR) is 87.5 cm³/mol. The summed E-state index contributed by atoms with van der Waals surface area (Å²) in [5.74, 6) is 1.59. The number of aliphatic hydroxyl groups is 1. The molecule has 0 bridgehead atoms. The molecule has 3 rings (SSSR count). The van der Waals surface area contributed by atoms with Gasteiger partial charge in [0.1, 0.15) is 10.9 Å². The highest BCUT2D eigenvalue weighted by molar-refractivity contribution is 8.00. The van der Waals surface area contributed by atoms with Gasteiger partial charge in [0.15, 0.2) is 0 Å². The quantitative estimate of drug-likeness (QED) is 0.643. The first-order valence-electron chi connectivity index (χ1n) is 7.83. The largest absolute Gasteiger partial charge is 0.516 e. The second-order valence-electron chi connectivity index (χ2n) is 7.12. The highest BCUT2D eigenvalue weighted by Crippen LogP contribution is 2.47. The smallest absolute Gasteiger partial charge is 0.127 e. The summed E-state index contributed by atoms with van der Waals surface area (Å²) in [5.41, 5.74) is 2.64. The van der Waals surface area contributed by atoms with Crippen LogP contribution in [0.1, 0.15) is 56.6 Å². The average molecular weight is 304 g/mol. The van der Waals surface area contributed by atoms with Crippen LogP contribution in [0.2, 0.25) is 0 Å². The fourth-order valence-electron chi connectivity index (χ4n) is 3.53. The molecular formula is C17H24N2OS. The first-order chi connectivity index (χ1) is 9.98. The van der Waals surface area contributed by atoms with E-state index in [0.717, 1.165) is 35.1 Å². The second-order valence-corrected chi connectivity index (χ2v) is 8.35. The van der Waals surface area contributed by atoms with Crippen LogP contribution in [0.3, 0.4) is 0 Å². The van der Waals surface area contributed by atoms with Crippen molar-refractivity contribution in [2.45, 2.75) is 63.2 Å². The minimum Gasteiger partial charge on any atom is -0.516 e. The van der Waals surface area contributed by atoms with Gasteiger partial charge in [-0.15, -0.1) is 11.8 Å². The summed E-state index contributed by atoms with van der Waals surface area (Å²) in [7, 11) is 0. The molecule has 1 saturated carbocycles. The molecule has 0 amide bonds. The molecule has 1 aromatic rings. The Morgan fingerprint density at radius 3 is 2.62 bits per heavy atom. The van der Waals surface area contributed by atoms with Crippen molar-refractivity contribution in [2.75, 3.05) is 0 Å². The lowest BCUT2D eigenvalue weighted by Gasteiger charge is -2.36. The van der Waals surface area contributed by atoms with Crippen molar-refractivity contribution in [1.82, 2.24) is 9.97 Å². The van der Waals surface area contributed by atoms with Crippen LogP contribution >= 0.6 is 11.8 Å². The number of fused-ring (bicyclic) bond motifs is 1. The average Bonchev–Trinajstić information content (AvgIpc) is 2.82. The Balaban J connectivity index is 1.77. The highest BCUT2D eigenvalue weighted by Gasteiger charge is 2.36. The van der Waals surface area contributed by atoms with Crippen molar-refractivity contribution in [3.05, 3.63) is 23.3 Å². The zero-order valence-corrected chi connectivity index (χ0v) is 13.9. The molecule has 0 saturated heterocycles. The topological polar surface area (TPSA) is 46.0 Å². The molecule has 1 aliphatic heterocycles. The van der Waals surface area contributed by atoms with Gasteiger partial charge < -0.3 is 5.11 Å². The van der Waals surface area contributed by atoms with E-state index in [1.807, 2.05) is 18.7 Å². The van der Waals surface area contributed by atoms with E-state index in [1.165, 1.54) is 31.2 Å². The Morgan fingerprint density at radius 2 is 1.95 bits per heavy atom. The zero-order valence-electron chi connectivity index (χ0n) is 13.1. The summed E-state index contributed by atoms with van der Waals surface area (Å²) < 4.78 is 0. The number of thioether (sulfide) groups is 1. The van der Waals surface area contributed by atoms with Crippen LogP contribution in [0.25, 0.3) is 6.08 Å². The van der Waals surface area contributed by atoms with Crippen molar-refractivity contribution in [3.63, 3.8) is 0 Å². The lowest BCUT2D eigenvalue weighted by atomic mass is 9.72. The molecular weight excluding hydrogens is 280 g/mol. The maximum atomic E-state index is 9.07. The van der Waals surface area contributed by atoms with Crippen molar-refractivity contribution in [2.24, 2.45) is 11.3 Å². The molecule has 1 N–H and O–H groups in total. The normalized spacial score (nSPS) is 25.4. The van der Waals surface area contributed by atoms with E-state index in [2.05, 4.69) is 23.8 Å². The van der Waals surface area contributed by atoms with Crippen molar-refractivity contribution >= 4 is 17.8 Å². The fraction of sp³-hybridized carbons (Fsp3) is 0.647. The van der Waals surface area contributed by atoms with Crippen LogP contribution in [-0.4, -0.2) is 20.3 Å². The van der Waals surface area contributed by atoms with Gasteiger partial charge in [0.25, 0.3) is 0 Å². The monoisotopic (exact) mass is 304 g/mol. The van der Waals surface area contributed by atoms with Gasteiger partial charge in [-0.1, -0.05) is 13.8 Å². The summed E-state index contributed by atoms with van der Waals surface area (Å²) in [6.07, 6.45) is 9.15. The van der Waals surface area contributed by atoms with Crippen LogP contribution in [0, 0.1) is 18.3 Å². The third-order valence-corrected chi connectivity index (χ3v) is 6.34. The second kappa shape index (κ2) is 5.64. The van der Waals surface area contributed by atoms with Crippen LogP contribution in [-0.2, 0) is 6.42 Å². The summed E-state index contributed by atoms with van der Waals surface area (Å²) in [6.45, 7) is 6.70. The Morgan fingerprint density at radius 1 is 1.24 bits per heavy atom. The van der Waals surface area contributed by atoms with E-state index in [9.17, 15) is 0 Å². The molecule has 1 aliphatic carbocycles. The molecule has 4 heteroatoms. The van der Waals surface area contributed by atoms with E-state index in [-0.39, 0.29) is 0 Å². The van der Waals surface area contributed by atoms with Gasteiger partial charge in [-0.3, -0.25) is 0 Å². The number of hydrogen-bond donors (Lipinski definition) is 1. The Bertz CT molecular complexity index is 558. The number of aliphatic hydroxyl groups excluding tert-OH is 1. The number of rotatable bonds is 2. The molecule has 3 nitrogen and oxygen atoms in total. The van der Waals surface area contributed by atoms with E-state index in [4.69, 9.17) is 5.11 Å². The van der Waals surface area contributed by atoms with Gasteiger partial charge >= 0.3 is 0 Å². The molecule has 2 heterocycles. The molecule has 0 radical (unpaired) electrons. The minimum absolute atomic E-state index is 0.522. The van der Waals surface area contributed by atoms with Gasteiger partial charge in [0.2, 0.25) is 0 Å². The Hall–Kier alpha value is -1.03. The van der Waals surface area contributed by atoms with Crippen LogP contribution in [0.4, 0.5) is 0 Å². The van der Waals surface area contributed by atoms with Gasteiger partial charge in [-0.2, -0.15) is 0 Å². The number of aryl methyl sites for hydroxylation is 1. The molecule has 1 atom stereocenters. The van der Waals surface area contributed by atoms with Crippen molar-refractivity contribution in [1.29, 1.82) is 0 Å². The number of hydrogen-bond acceptors (Lipinski definition) is 4. The van der Waals surface area contributed by atoms with E-state index in [0.29, 0.717) is 10.7 Å². The summed E-state index contributed by atoms with van der Waals surface area (Å²) >= 11 is 1.93. The fourth-order valence-corrected chi connectivity index (χ4v) is 5.05. The number of aromatic nitrogens is 2. The molecule has 0 spiro atoms. The molecule has 0 aromatic carbocycles. The van der Waals surface area contributed by atoms with Crippen LogP contribution in [0.5, 0.6) is 0 Å². The minimum atomic E-state index is 0.522. The van der Waals surface area contributed by atoms with Gasteiger partial charge in [-0.25, -0.2) is 9.97 Å². The zero-order chi connectivity index (χ0) is 15.0. The first kappa shape index (κ1) is 14.9. The summed E-state index contributed by atoms with van der Waals surface area (Å²) in [4.78, 5) is 9.07. The van der Waals surface area contributed by atoms with Crippen molar-refractivity contribution in [3.8, 4) is 0 Å². The maximum absolute atomic E-state index is 9.07. The third-order valence-electron chi connectivity index (χ3n) is 4.92. The number of nitrogens with zero attached hydrogens (tertiary/aromatic N) is 2. The first-order valence-corrected chi connectivity index (χ1v) is 8.71. The molecule has 1 aromatic heterocycles. The van der Waals surface area contributed by atoms with Crippen LogP contribution in [0.15, 0.2) is 11.3 Å². The molecule has 2 aliphatic rings. The highest BCUT2D eigenvalue weighted by atomic mass is 32.2. The van der Waals surface area contributed by atoms with Crippen LogP contribution < -0.4 is 0 Å². The predicted octanol–water partition coefficient (Wildman–Crippen LogP) is 4.55. The molecule has 1 fully saturated rings. The van der Waals surface area contributed by atoms with Gasteiger partial charge in [0.05, 0.1) is 12.0 Å². The molecule has 1 unspecified atom stereocenters. The van der Waals surface area contributed by atoms with E-state index >= 15 is 0 Å². The standard InChI is InChI=1S/C17H24N2OS/c1-11-18-14(6-9-20)13-10-15(21-16(13)19-11)12-4-7-17(2,3)8-5-12/h6,9,12,15,20H,4-5,7-8,10H2,1-3H3/b9-6-. The molecule has 21 heavy (non-hydrogen) atoms. The van der Waals surface area contributed by atoms with Gasteiger partial charge in [0, 0.05) is 10.8 Å². The van der Waals surface area contributed by atoms with Gasteiger partial charge in [-0.05, 0) is 56.4 Å². The lowest BCUT2D eigenvalue weighted by Crippen LogP contribution is -2.27. The lowest BCUT2D eigenvalue weighted by molar-refractivity contribution is 0.189. The SMILES string of the molecule is Cc1nc(/C=C\O)c2c(n1)SC(C1CCC(C)(C)CC1)C2. The summed E-state index contributed by atoms with van der Waals surface area (Å²) in [5, 5.41) is 10.8. The summed E-state index contributed by atoms with van der Waals surface area (Å²) in [6, 6.07) is 0. The maximum Gasteiger partial charge on any atom is 0.127 e. The molecule has 114 valence electrons. The van der Waals surface area contributed by atoms with E-state index < -0.39 is 0 Å².